The molecule has 4 aliphatic rings. The van der Waals surface area contributed by atoms with Crippen molar-refractivity contribution < 1.29 is 14.5 Å². The van der Waals surface area contributed by atoms with Crippen molar-refractivity contribution in [2.75, 3.05) is 25.5 Å². The molecular formula is C23H34N3O2+. The van der Waals surface area contributed by atoms with Crippen LogP contribution in [0.4, 0.5) is 5.69 Å². The van der Waals surface area contributed by atoms with Gasteiger partial charge >= 0.3 is 0 Å². The standard InChI is InChI=1S/C23H33N3O2/c1-15-5-4-6-20(16(15)2)24-21(27)13-26(3)14-22(28)25-23-10-17-7-18(11-23)9-19(8-17)12-23/h4-6,17-19H,7-14H2,1-3H3,(H,24,27)(H,25,28)/p+1. The highest BCUT2D eigenvalue weighted by molar-refractivity contribution is 5.92. The summed E-state index contributed by atoms with van der Waals surface area (Å²) >= 11 is 0. The fraction of sp³-hybridized carbons (Fsp3) is 0.652. The number of benzene rings is 1. The van der Waals surface area contributed by atoms with Crippen molar-refractivity contribution in [1.82, 2.24) is 5.32 Å². The summed E-state index contributed by atoms with van der Waals surface area (Å²) in [7, 11) is 1.92. The average molecular weight is 385 g/mol. The summed E-state index contributed by atoms with van der Waals surface area (Å²) in [5.41, 5.74) is 3.16. The predicted molar refractivity (Wildman–Crippen MR) is 110 cm³/mol. The molecule has 0 saturated heterocycles. The average Bonchev–Trinajstić information content (AvgIpc) is 2.56. The number of likely N-dealkylation sites (N-methyl/N-ethyl adjacent to an activating group) is 1. The van der Waals surface area contributed by atoms with Crippen molar-refractivity contribution in [2.45, 2.75) is 57.9 Å². The quantitative estimate of drug-likeness (QED) is 0.701. The SMILES string of the molecule is Cc1cccc(NC(=O)C[NH+](C)CC(=O)NC23CC4CC(CC(C4)C2)C3)c1C. The molecule has 1 unspecified atom stereocenters. The highest BCUT2D eigenvalue weighted by atomic mass is 16.2. The number of hydrogen-bond donors (Lipinski definition) is 3. The molecule has 4 bridgehead atoms. The Labute approximate surface area is 168 Å². The molecule has 0 aromatic heterocycles. The minimum Gasteiger partial charge on any atom is -0.346 e. The summed E-state index contributed by atoms with van der Waals surface area (Å²) in [5.74, 6) is 2.51. The molecule has 4 saturated carbocycles. The van der Waals surface area contributed by atoms with Crippen LogP contribution in [0.1, 0.15) is 49.7 Å². The monoisotopic (exact) mass is 384 g/mol. The van der Waals surface area contributed by atoms with Crippen LogP contribution < -0.4 is 15.5 Å². The number of anilines is 1. The van der Waals surface area contributed by atoms with E-state index < -0.39 is 0 Å². The number of nitrogens with one attached hydrogen (secondary N) is 3. The molecular weight excluding hydrogens is 350 g/mol. The first-order chi connectivity index (χ1) is 13.3. The maximum absolute atomic E-state index is 12.7. The summed E-state index contributed by atoms with van der Waals surface area (Å²) in [6, 6.07) is 5.92. The number of aryl methyl sites for hydroxylation is 1. The van der Waals surface area contributed by atoms with Gasteiger partial charge in [-0.15, -0.1) is 0 Å². The van der Waals surface area contributed by atoms with E-state index in [9.17, 15) is 9.59 Å². The van der Waals surface area contributed by atoms with Crippen LogP contribution in [0.3, 0.4) is 0 Å². The zero-order valence-corrected chi connectivity index (χ0v) is 17.4. The summed E-state index contributed by atoms with van der Waals surface area (Å²) in [5, 5.41) is 6.39. The molecule has 1 aromatic rings. The Morgan fingerprint density at radius 3 is 2.18 bits per heavy atom. The van der Waals surface area contributed by atoms with Crippen LogP contribution in [-0.4, -0.2) is 37.5 Å². The van der Waals surface area contributed by atoms with E-state index in [2.05, 4.69) is 10.6 Å². The molecule has 4 aliphatic carbocycles. The van der Waals surface area contributed by atoms with Gasteiger partial charge in [-0.05, 0) is 87.3 Å². The fourth-order valence-corrected chi connectivity index (χ4v) is 6.30. The summed E-state index contributed by atoms with van der Waals surface area (Å²) in [4.78, 5) is 26.0. The largest absolute Gasteiger partial charge is 0.346 e. The van der Waals surface area contributed by atoms with Crippen molar-refractivity contribution in [1.29, 1.82) is 0 Å². The molecule has 2 amide bonds. The maximum atomic E-state index is 12.7. The highest BCUT2D eigenvalue weighted by Gasteiger charge is 2.51. The molecule has 28 heavy (non-hydrogen) atoms. The lowest BCUT2D eigenvalue weighted by molar-refractivity contribution is -0.862. The molecule has 5 rings (SSSR count). The Morgan fingerprint density at radius 1 is 1.00 bits per heavy atom. The van der Waals surface area contributed by atoms with Gasteiger partial charge in [0.15, 0.2) is 13.1 Å². The summed E-state index contributed by atoms with van der Waals surface area (Å²) in [6.07, 6.45) is 7.61. The number of amides is 2. The van der Waals surface area contributed by atoms with Crippen LogP contribution >= 0.6 is 0 Å². The lowest BCUT2D eigenvalue weighted by Crippen LogP contribution is -3.11. The molecule has 5 nitrogen and oxygen atoms in total. The van der Waals surface area contributed by atoms with E-state index in [4.69, 9.17) is 0 Å². The number of carbonyl (C=O) groups excluding carboxylic acids is 2. The van der Waals surface area contributed by atoms with Crippen LogP contribution in [0.25, 0.3) is 0 Å². The normalized spacial score (nSPS) is 31.5. The van der Waals surface area contributed by atoms with Gasteiger partial charge in [0.05, 0.1) is 7.05 Å². The van der Waals surface area contributed by atoms with Crippen molar-refractivity contribution in [3.05, 3.63) is 29.3 Å². The second-order valence-corrected chi connectivity index (χ2v) is 9.85. The third-order valence-corrected chi connectivity index (χ3v) is 7.25. The Morgan fingerprint density at radius 2 is 1.57 bits per heavy atom. The second-order valence-electron chi connectivity index (χ2n) is 9.85. The van der Waals surface area contributed by atoms with Crippen molar-refractivity contribution in [2.24, 2.45) is 17.8 Å². The molecule has 0 spiro atoms. The zero-order chi connectivity index (χ0) is 19.9. The Bertz CT molecular complexity index is 738. The first-order valence-corrected chi connectivity index (χ1v) is 10.8. The smallest absolute Gasteiger partial charge is 0.279 e. The van der Waals surface area contributed by atoms with E-state index in [1.165, 1.54) is 19.3 Å². The number of carbonyl (C=O) groups is 2. The van der Waals surface area contributed by atoms with Gasteiger partial charge in [0.2, 0.25) is 0 Å². The topological polar surface area (TPSA) is 62.6 Å². The van der Waals surface area contributed by atoms with Crippen LogP contribution in [-0.2, 0) is 9.59 Å². The van der Waals surface area contributed by atoms with Crippen molar-refractivity contribution in [3.8, 4) is 0 Å². The molecule has 0 heterocycles. The molecule has 0 aliphatic heterocycles. The third-order valence-electron chi connectivity index (χ3n) is 7.25. The van der Waals surface area contributed by atoms with Crippen LogP contribution in [0.15, 0.2) is 18.2 Å². The molecule has 1 atom stereocenters. The van der Waals surface area contributed by atoms with Crippen molar-refractivity contribution in [3.63, 3.8) is 0 Å². The van der Waals surface area contributed by atoms with Crippen LogP contribution in [0.5, 0.6) is 0 Å². The van der Waals surface area contributed by atoms with Gasteiger partial charge in [-0.2, -0.15) is 0 Å². The van der Waals surface area contributed by atoms with Gasteiger partial charge in [0.25, 0.3) is 11.8 Å². The van der Waals surface area contributed by atoms with Gasteiger partial charge in [0, 0.05) is 11.2 Å². The first kappa shape index (κ1) is 19.4. The highest BCUT2D eigenvalue weighted by Crippen LogP contribution is 2.55. The first-order valence-electron chi connectivity index (χ1n) is 10.8. The van der Waals surface area contributed by atoms with E-state index >= 15 is 0 Å². The molecule has 4 fully saturated rings. The molecule has 3 N–H and O–H groups in total. The molecule has 152 valence electrons. The number of quaternary nitrogens is 1. The molecule has 1 aromatic carbocycles. The van der Waals surface area contributed by atoms with Crippen LogP contribution in [0, 0.1) is 31.6 Å². The lowest BCUT2D eigenvalue weighted by Gasteiger charge is -2.56. The maximum Gasteiger partial charge on any atom is 0.279 e. The molecule has 5 heteroatoms. The van der Waals surface area contributed by atoms with Gasteiger partial charge in [0.1, 0.15) is 0 Å². The third kappa shape index (κ3) is 4.09. The minimum absolute atomic E-state index is 0.0474. The van der Waals surface area contributed by atoms with Gasteiger partial charge < -0.3 is 15.5 Å². The predicted octanol–water partition coefficient (Wildman–Crippen LogP) is 1.84. The van der Waals surface area contributed by atoms with Gasteiger partial charge in [-0.3, -0.25) is 9.59 Å². The van der Waals surface area contributed by atoms with Crippen molar-refractivity contribution >= 4 is 17.5 Å². The van der Waals surface area contributed by atoms with E-state index in [-0.39, 0.29) is 17.4 Å². The number of hydrogen-bond acceptors (Lipinski definition) is 2. The second kappa shape index (κ2) is 7.51. The fourth-order valence-electron chi connectivity index (χ4n) is 6.30. The molecule has 0 radical (unpaired) electrons. The van der Waals surface area contributed by atoms with Crippen LogP contribution in [0.2, 0.25) is 0 Å². The lowest BCUT2D eigenvalue weighted by atomic mass is 9.53. The van der Waals surface area contributed by atoms with E-state index in [0.29, 0.717) is 13.1 Å². The summed E-state index contributed by atoms with van der Waals surface area (Å²) < 4.78 is 0. The van der Waals surface area contributed by atoms with Gasteiger partial charge in [-0.1, -0.05) is 12.1 Å². The Hall–Kier alpha value is -1.88. The zero-order valence-electron chi connectivity index (χ0n) is 17.4. The van der Waals surface area contributed by atoms with E-state index in [0.717, 1.165) is 58.7 Å². The number of rotatable bonds is 6. The minimum atomic E-state index is -0.0474. The Kier molecular flexibility index (Phi) is 5.21. The van der Waals surface area contributed by atoms with Gasteiger partial charge in [-0.25, -0.2) is 0 Å². The van der Waals surface area contributed by atoms with E-state index in [1.807, 2.05) is 39.1 Å². The Balaban J connectivity index is 1.28. The van der Waals surface area contributed by atoms with E-state index in [1.54, 1.807) is 0 Å². The summed E-state index contributed by atoms with van der Waals surface area (Å²) in [6.45, 7) is 4.70.